The Kier molecular flexibility index (Phi) is 7.20. The average molecular weight is 344 g/mol. The molecule has 3 amide bonds. The molecule has 0 radical (unpaired) electrons. The summed E-state index contributed by atoms with van der Waals surface area (Å²) in [6.45, 7) is 2.95. The maximum Gasteiger partial charge on any atom is 0.243 e. The first-order valence-corrected chi connectivity index (χ1v) is 7.88. The van der Waals surface area contributed by atoms with E-state index in [9.17, 15) is 14.4 Å². The van der Waals surface area contributed by atoms with Crippen LogP contribution in [0.15, 0.2) is 23.1 Å². The van der Waals surface area contributed by atoms with Crippen LogP contribution in [0.4, 0.5) is 0 Å². The molecule has 0 saturated heterocycles. The van der Waals surface area contributed by atoms with Crippen molar-refractivity contribution in [2.45, 2.75) is 24.8 Å². The maximum absolute atomic E-state index is 12.0. The first kappa shape index (κ1) is 18.3. The van der Waals surface area contributed by atoms with E-state index in [1.54, 1.807) is 6.07 Å². The molecule has 4 N–H and O–H groups in total. The largest absolute Gasteiger partial charge is 0.368 e. The lowest BCUT2D eigenvalue weighted by Gasteiger charge is -2.17. The Morgan fingerprint density at radius 3 is 2.59 bits per heavy atom. The Labute approximate surface area is 138 Å². The predicted molar refractivity (Wildman–Crippen MR) is 86.7 cm³/mol. The lowest BCUT2D eigenvalue weighted by Crippen LogP contribution is -2.49. The van der Waals surface area contributed by atoms with Gasteiger partial charge in [0.1, 0.15) is 6.04 Å². The zero-order valence-electron chi connectivity index (χ0n) is 12.3. The van der Waals surface area contributed by atoms with Gasteiger partial charge in [0.2, 0.25) is 17.7 Å². The lowest BCUT2D eigenvalue weighted by atomic mass is 10.2. The van der Waals surface area contributed by atoms with Gasteiger partial charge in [-0.05, 0) is 24.6 Å². The predicted octanol–water partition coefficient (Wildman–Crippen LogP) is 0.847. The molecule has 0 heterocycles. The summed E-state index contributed by atoms with van der Waals surface area (Å²) in [5, 5.41) is 5.56. The fourth-order valence-corrected chi connectivity index (χ4v) is 2.77. The van der Waals surface area contributed by atoms with Crippen LogP contribution in [0, 0.1) is 6.92 Å². The molecule has 0 spiro atoms. The van der Waals surface area contributed by atoms with Gasteiger partial charge in [-0.1, -0.05) is 17.7 Å². The third-order valence-corrected chi connectivity index (χ3v) is 4.19. The second-order valence-electron chi connectivity index (χ2n) is 4.66. The number of nitrogens with two attached hydrogens (primary N) is 1. The SMILES string of the molecule is CC(=O)NC(CSc1ccc(C)c(Cl)c1)C(=O)NCC(N)=O. The number of aryl methyl sites for hydroxylation is 1. The third-order valence-electron chi connectivity index (χ3n) is 2.69. The standard InChI is InChI=1S/C14H18ClN3O3S/c1-8-3-4-10(5-11(8)15)22-7-12(18-9(2)19)14(21)17-6-13(16)20/h3-5,12H,6-7H2,1-2H3,(H2,16,20)(H,17,21)(H,18,19). The minimum atomic E-state index is -0.762. The van der Waals surface area contributed by atoms with Gasteiger partial charge in [0.25, 0.3) is 0 Å². The van der Waals surface area contributed by atoms with Gasteiger partial charge in [-0.3, -0.25) is 14.4 Å². The fourth-order valence-electron chi connectivity index (χ4n) is 1.57. The van der Waals surface area contributed by atoms with E-state index in [-0.39, 0.29) is 12.5 Å². The van der Waals surface area contributed by atoms with Gasteiger partial charge in [0.15, 0.2) is 0 Å². The molecule has 1 rings (SSSR count). The fraction of sp³-hybridized carbons (Fsp3) is 0.357. The van der Waals surface area contributed by atoms with Crippen molar-refractivity contribution < 1.29 is 14.4 Å². The molecule has 0 saturated carbocycles. The van der Waals surface area contributed by atoms with Crippen LogP contribution in [-0.4, -0.2) is 36.1 Å². The van der Waals surface area contributed by atoms with Crippen molar-refractivity contribution in [1.82, 2.24) is 10.6 Å². The summed E-state index contributed by atoms with van der Waals surface area (Å²) in [6.07, 6.45) is 0. The van der Waals surface area contributed by atoms with E-state index in [1.807, 2.05) is 19.1 Å². The molecule has 0 aliphatic rings. The molecular formula is C14H18ClN3O3S. The van der Waals surface area contributed by atoms with Crippen LogP contribution in [0.2, 0.25) is 5.02 Å². The Morgan fingerprint density at radius 1 is 1.36 bits per heavy atom. The van der Waals surface area contributed by atoms with Crippen LogP contribution in [0.3, 0.4) is 0 Å². The Balaban J connectivity index is 2.67. The second kappa shape index (κ2) is 8.65. The van der Waals surface area contributed by atoms with Crippen molar-refractivity contribution in [2.75, 3.05) is 12.3 Å². The van der Waals surface area contributed by atoms with Crippen molar-refractivity contribution >= 4 is 41.1 Å². The molecule has 1 unspecified atom stereocenters. The Bertz CT molecular complexity index is 580. The van der Waals surface area contributed by atoms with E-state index in [4.69, 9.17) is 17.3 Å². The van der Waals surface area contributed by atoms with Crippen molar-refractivity contribution in [3.63, 3.8) is 0 Å². The summed E-state index contributed by atoms with van der Waals surface area (Å²) in [7, 11) is 0. The minimum Gasteiger partial charge on any atom is -0.368 e. The number of carbonyl (C=O) groups excluding carboxylic acids is 3. The monoisotopic (exact) mass is 343 g/mol. The van der Waals surface area contributed by atoms with Gasteiger partial charge < -0.3 is 16.4 Å². The van der Waals surface area contributed by atoms with Crippen molar-refractivity contribution in [3.05, 3.63) is 28.8 Å². The number of hydrogen-bond donors (Lipinski definition) is 3. The average Bonchev–Trinajstić information content (AvgIpc) is 2.44. The topological polar surface area (TPSA) is 101 Å². The van der Waals surface area contributed by atoms with Crippen LogP contribution in [-0.2, 0) is 14.4 Å². The van der Waals surface area contributed by atoms with Crippen molar-refractivity contribution in [2.24, 2.45) is 5.73 Å². The first-order valence-electron chi connectivity index (χ1n) is 6.51. The molecule has 6 nitrogen and oxygen atoms in total. The number of thioether (sulfide) groups is 1. The van der Waals surface area contributed by atoms with E-state index in [0.29, 0.717) is 10.8 Å². The summed E-state index contributed by atoms with van der Waals surface area (Å²) in [6, 6.07) is 4.80. The molecular weight excluding hydrogens is 326 g/mol. The van der Waals surface area contributed by atoms with Crippen LogP contribution in [0.1, 0.15) is 12.5 Å². The van der Waals surface area contributed by atoms with Crippen molar-refractivity contribution in [3.8, 4) is 0 Å². The molecule has 1 aromatic carbocycles. The molecule has 0 fully saturated rings. The van der Waals surface area contributed by atoms with Gasteiger partial charge in [0, 0.05) is 22.6 Å². The highest BCUT2D eigenvalue weighted by molar-refractivity contribution is 7.99. The Hall–Kier alpha value is -1.73. The van der Waals surface area contributed by atoms with Gasteiger partial charge >= 0.3 is 0 Å². The van der Waals surface area contributed by atoms with Crippen molar-refractivity contribution in [1.29, 1.82) is 0 Å². The second-order valence-corrected chi connectivity index (χ2v) is 6.16. The maximum atomic E-state index is 12.0. The molecule has 22 heavy (non-hydrogen) atoms. The molecule has 0 aliphatic carbocycles. The molecule has 0 bridgehead atoms. The molecule has 120 valence electrons. The summed E-state index contributed by atoms with van der Waals surface area (Å²) in [4.78, 5) is 34.7. The molecule has 8 heteroatoms. The number of halogens is 1. The van der Waals surface area contributed by atoms with Crippen LogP contribution in [0.5, 0.6) is 0 Å². The van der Waals surface area contributed by atoms with Gasteiger partial charge in [0.05, 0.1) is 6.54 Å². The molecule has 1 aromatic rings. The molecule has 0 aliphatic heterocycles. The molecule has 1 atom stereocenters. The number of primary amides is 1. The zero-order chi connectivity index (χ0) is 16.7. The van der Waals surface area contributed by atoms with Crippen LogP contribution >= 0.6 is 23.4 Å². The van der Waals surface area contributed by atoms with E-state index >= 15 is 0 Å². The van der Waals surface area contributed by atoms with E-state index in [1.165, 1.54) is 18.7 Å². The third kappa shape index (κ3) is 6.36. The number of carbonyl (C=O) groups is 3. The number of rotatable bonds is 7. The number of nitrogens with one attached hydrogen (secondary N) is 2. The molecule has 0 aromatic heterocycles. The van der Waals surface area contributed by atoms with Gasteiger partial charge in [-0.15, -0.1) is 11.8 Å². The normalized spacial score (nSPS) is 11.6. The highest BCUT2D eigenvalue weighted by Gasteiger charge is 2.20. The lowest BCUT2D eigenvalue weighted by molar-refractivity contribution is -0.128. The summed E-state index contributed by atoms with van der Waals surface area (Å²) >= 11 is 7.43. The highest BCUT2D eigenvalue weighted by Crippen LogP contribution is 2.25. The Morgan fingerprint density at radius 2 is 2.05 bits per heavy atom. The number of amides is 3. The summed E-state index contributed by atoms with van der Waals surface area (Å²) < 4.78 is 0. The summed E-state index contributed by atoms with van der Waals surface area (Å²) in [5.41, 5.74) is 5.94. The van der Waals surface area contributed by atoms with E-state index in [2.05, 4.69) is 10.6 Å². The minimum absolute atomic E-state index is 0.268. The number of benzene rings is 1. The highest BCUT2D eigenvalue weighted by atomic mass is 35.5. The van der Waals surface area contributed by atoms with Crippen LogP contribution in [0.25, 0.3) is 0 Å². The summed E-state index contributed by atoms with van der Waals surface area (Å²) in [5.74, 6) is -1.13. The first-order chi connectivity index (χ1) is 10.3. The van der Waals surface area contributed by atoms with E-state index in [0.717, 1.165) is 10.5 Å². The van der Waals surface area contributed by atoms with Gasteiger partial charge in [-0.25, -0.2) is 0 Å². The number of hydrogen-bond acceptors (Lipinski definition) is 4. The quantitative estimate of drug-likeness (QED) is 0.639. The zero-order valence-corrected chi connectivity index (χ0v) is 13.9. The van der Waals surface area contributed by atoms with Gasteiger partial charge in [-0.2, -0.15) is 0 Å². The van der Waals surface area contributed by atoms with E-state index < -0.39 is 17.9 Å². The van der Waals surface area contributed by atoms with Crippen LogP contribution < -0.4 is 16.4 Å². The smallest absolute Gasteiger partial charge is 0.243 e.